The molecule has 0 aliphatic carbocycles. The fraction of sp³-hybridized carbons (Fsp3) is 0.588. The first-order valence-electron chi connectivity index (χ1n) is 7.82. The van der Waals surface area contributed by atoms with Gasteiger partial charge in [0.1, 0.15) is 5.60 Å². The number of rotatable bonds is 2. The summed E-state index contributed by atoms with van der Waals surface area (Å²) in [6, 6.07) is 8.17. The van der Waals surface area contributed by atoms with E-state index < -0.39 is 11.7 Å². The Morgan fingerprint density at radius 3 is 2.23 bits per heavy atom. The lowest BCUT2D eigenvalue weighted by Gasteiger charge is -2.26. The zero-order valence-corrected chi connectivity index (χ0v) is 14.0. The molecule has 0 bridgehead atoms. The van der Waals surface area contributed by atoms with Gasteiger partial charge < -0.3 is 16.2 Å². The zero-order chi connectivity index (χ0) is 16.6. The fourth-order valence-corrected chi connectivity index (χ4v) is 2.34. The van der Waals surface area contributed by atoms with Gasteiger partial charge in [0.15, 0.2) is 0 Å². The molecule has 0 saturated carbocycles. The molecule has 0 radical (unpaired) electrons. The molecular weight excluding hydrogens is 278 g/mol. The Morgan fingerprint density at radius 1 is 1.18 bits per heavy atom. The topological polar surface area (TPSA) is 81.6 Å². The molecule has 1 aromatic carbocycles. The van der Waals surface area contributed by atoms with Crippen molar-refractivity contribution in [1.29, 1.82) is 0 Å². The average Bonchev–Trinajstić information content (AvgIpc) is 2.40. The number of carbonyl (C=O) groups excluding carboxylic acids is 1. The third-order valence-corrected chi connectivity index (χ3v) is 3.30. The van der Waals surface area contributed by atoms with Crippen LogP contribution in [-0.2, 0) is 11.3 Å². The van der Waals surface area contributed by atoms with E-state index in [1.807, 2.05) is 12.1 Å². The molecule has 0 spiro atoms. The number of hydrogen-bond donors (Lipinski definition) is 2. The van der Waals surface area contributed by atoms with Crippen LogP contribution in [0.2, 0.25) is 0 Å². The van der Waals surface area contributed by atoms with Gasteiger partial charge in [-0.1, -0.05) is 24.6 Å². The summed E-state index contributed by atoms with van der Waals surface area (Å²) >= 11 is 0. The van der Waals surface area contributed by atoms with Gasteiger partial charge in [-0.05, 0) is 58.3 Å². The van der Waals surface area contributed by atoms with Crippen molar-refractivity contribution >= 4 is 11.8 Å². The summed E-state index contributed by atoms with van der Waals surface area (Å²) in [5, 5.41) is 0. The molecule has 0 unspecified atom stereocenters. The van der Waals surface area contributed by atoms with Gasteiger partial charge in [0, 0.05) is 12.2 Å². The predicted molar refractivity (Wildman–Crippen MR) is 90.4 cm³/mol. The summed E-state index contributed by atoms with van der Waals surface area (Å²) in [5.74, 6) is 0. The SMILES string of the molecule is CC(C)(C)OC(N)=O.Nc1ccccc1CN1CCCCC1. The Balaban J connectivity index is 0.000000261. The smallest absolute Gasteiger partial charge is 0.405 e. The summed E-state index contributed by atoms with van der Waals surface area (Å²) in [6.07, 6.45) is 3.35. The molecule has 1 saturated heterocycles. The summed E-state index contributed by atoms with van der Waals surface area (Å²) in [7, 11) is 0. The molecule has 1 aliphatic rings. The first kappa shape index (κ1) is 18.3. The molecule has 5 nitrogen and oxygen atoms in total. The third-order valence-electron chi connectivity index (χ3n) is 3.30. The van der Waals surface area contributed by atoms with Crippen molar-refractivity contribution in [2.45, 2.75) is 52.2 Å². The number of piperidine rings is 1. The number of nitrogens with zero attached hydrogens (tertiary/aromatic N) is 1. The number of likely N-dealkylation sites (tertiary alicyclic amines) is 1. The number of carbonyl (C=O) groups is 1. The second kappa shape index (κ2) is 8.63. The number of nitrogen functional groups attached to an aromatic ring is 1. The minimum absolute atomic E-state index is 0.453. The average molecular weight is 307 g/mol. The minimum Gasteiger partial charge on any atom is -0.444 e. The van der Waals surface area contributed by atoms with Crippen molar-refractivity contribution < 1.29 is 9.53 Å². The Morgan fingerprint density at radius 2 is 1.77 bits per heavy atom. The number of amides is 1. The van der Waals surface area contributed by atoms with E-state index in [1.165, 1.54) is 37.9 Å². The monoisotopic (exact) mass is 307 g/mol. The van der Waals surface area contributed by atoms with Gasteiger partial charge in [-0.15, -0.1) is 0 Å². The molecule has 1 heterocycles. The highest BCUT2D eigenvalue weighted by Crippen LogP contribution is 2.16. The molecular formula is C17H29N3O2. The predicted octanol–water partition coefficient (Wildman–Crippen LogP) is 3.13. The number of ether oxygens (including phenoxy) is 1. The van der Waals surface area contributed by atoms with Crippen LogP contribution in [0.1, 0.15) is 45.6 Å². The van der Waals surface area contributed by atoms with Crippen LogP contribution in [0.4, 0.5) is 10.5 Å². The van der Waals surface area contributed by atoms with Crippen molar-refractivity contribution in [3.8, 4) is 0 Å². The van der Waals surface area contributed by atoms with Gasteiger partial charge >= 0.3 is 6.09 Å². The van der Waals surface area contributed by atoms with E-state index in [4.69, 9.17) is 11.5 Å². The van der Waals surface area contributed by atoms with E-state index >= 15 is 0 Å². The second-order valence-corrected chi connectivity index (χ2v) is 6.57. The quantitative estimate of drug-likeness (QED) is 0.822. The molecule has 124 valence electrons. The van der Waals surface area contributed by atoms with E-state index in [2.05, 4.69) is 21.8 Å². The largest absolute Gasteiger partial charge is 0.444 e. The highest BCUT2D eigenvalue weighted by atomic mass is 16.6. The Kier molecular flexibility index (Phi) is 7.18. The number of benzene rings is 1. The Hall–Kier alpha value is -1.75. The van der Waals surface area contributed by atoms with Crippen LogP contribution < -0.4 is 11.5 Å². The van der Waals surface area contributed by atoms with E-state index in [0.29, 0.717) is 0 Å². The first-order valence-corrected chi connectivity index (χ1v) is 7.82. The van der Waals surface area contributed by atoms with E-state index in [-0.39, 0.29) is 0 Å². The highest BCUT2D eigenvalue weighted by Gasteiger charge is 2.12. The van der Waals surface area contributed by atoms with E-state index in [0.717, 1.165) is 12.2 Å². The number of primary amides is 1. The lowest BCUT2D eigenvalue weighted by atomic mass is 10.1. The van der Waals surface area contributed by atoms with E-state index in [9.17, 15) is 4.79 Å². The molecule has 1 aromatic rings. The first-order chi connectivity index (χ1) is 10.3. The molecule has 0 atom stereocenters. The fourth-order valence-electron chi connectivity index (χ4n) is 2.34. The Labute approximate surface area is 133 Å². The van der Waals surface area contributed by atoms with Crippen molar-refractivity contribution in [1.82, 2.24) is 4.90 Å². The summed E-state index contributed by atoms with van der Waals surface area (Å²) < 4.78 is 4.58. The van der Waals surface area contributed by atoms with Crippen LogP contribution in [-0.4, -0.2) is 29.7 Å². The van der Waals surface area contributed by atoms with Crippen molar-refractivity contribution in [2.24, 2.45) is 5.73 Å². The maximum Gasteiger partial charge on any atom is 0.405 e. The molecule has 22 heavy (non-hydrogen) atoms. The molecule has 1 amide bonds. The summed E-state index contributed by atoms with van der Waals surface area (Å²) in [4.78, 5) is 12.5. The normalized spacial score (nSPS) is 15.6. The van der Waals surface area contributed by atoms with Crippen LogP contribution in [0.25, 0.3) is 0 Å². The third kappa shape index (κ3) is 7.88. The van der Waals surface area contributed by atoms with Crippen molar-refractivity contribution in [2.75, 3.05) is 18.8 Å². The number of para-hydroxylation sites is 1. The summed E-state index contributed by atoms with van der Waals surface area (Å²) in [6.45, 7) is 8.77. The Bertz CT molecular complexity index is 463. The molecule has 4 N–H and O–H groups in total. The highest BCUT2D eigenvalue weighted by molar-refractivity contribution is 5.65. The van der Waals surface area contributed by atoms with Gasteiger partial charge in [0.05, 0.1) is 0 Å². The standard InChI is InChI=1S/C12H18N2.C5H11NO2/c13-12-7-3-2-6-11(12)10-14-8-4-1-5-9-14;1-5(2,3)8-4(6)7/h2-3,6-7H,1,4-5,8-10,13H2;1-3H3,(H2,6,7). The lowest BCUT2D eigenvalue weighted by molar-refractivity contribution is 0.0600. The number of nitrogens with two attached hydrogens (primary N) is 2. The molecule has 5 heteroatoms. The van der Waals surface area contributed by atoms with Crippen molar-refractivity contribution in [3.63, 3.8) is 0 Å². The van der Waals surface area contributed by atoms with Crippen LogP contribution in [0.5, 0.6) is 0 Å². The van der Waals surface area contributed by atoms with Crippen LogP contribution in [0.3, 0.4) is 0 Å². The van der Waals surface area contributed by atoms with Gasteiger partial charge in [-0.2, -0.15) is 0 Å². The van der Waals surface area contributed by atoms with Crippen molar-refractivity contribution in [3.05, 3.63) is 29.8 Å². The van der Waals surface area contributed by atoms with Gasteiger partial charge in [-0.25, -0.2) is 4.79 Å². The maximum atomic E-state index is 10.0. The zero-order valence-electron chi connectivity index (χ0n) is 14.0. The maximum absolute atomic E-state index is 10.0. The van der Waals surface area contributed by atoms with Crippen LogP contribution in [0.15, 0.2) is 24.3 Å². The second-order valence-electron chi connectivity index (χ2n) is 6.57. The number of anilines is 1. The molecule has 2 rings (SSSR count). The van der Waals surface area contributed by atoms with Gasteiger partial charge in [-0.3, -0.25) is 4.90 Å². The molecule has 0 aromatic heterocycles. The van der Waals surface area contributed by atoms with Crippen LogP contribution in [0, 0.1) is 0 Å². The van der Waals surface area contributed by atoms with Gasteiger partial charge in [0.2, 0.25) is 0 Å². The van der Waals surface area contributed by atoms with Crippen LogP contribution >= 0.6 is 0 Å². The van der Waals surface area contributed by atoms with E-state index in [1.54, 1.807) is 20.8 Å². The van der Waals surface area contributed by atoms with Gasteiger partial charge in [0.25, 0.3) is 0 Å². The number of hydrogen-bond acceptors (Lipinski definition) is 4. The molecule has 1 aliphatic heterocycles. The minimum atomic E-state index is -0.725. The summed E-state index contributed by atoms with van der Waals surface area (Å²) in [5.41, 5.74) is 12.4. The molecule has 1 fully saturated rings. The lowest BCUT2D eigenvalue weighted by Crippen LogP contribution is -2.29.